The predicted molar refractivity (Wildman–Crippen MR) is 84.3 cm³/mol. The molecular weight excluding hydrogens is 320 g/mol. The van der Waals surface area contributed by atoms with Crippen molar-refractivity contribution in [3.05, 3.63) is 29.3 Å². The Bertz CT molecular complexity index is 659. The molecule has 7 heteroatoms. The van der Waals surface area contributed by atoms with E-state index in [1.54, 1.807) is 24.3 Å². The van der Waals surface area contributed by atoms with Crippen LogP contribution in [-0.2, 0) is 14.4 Å². The third-order valence-corrected chi connectivity index (χ3v) is 4.51. The first-order valence-electron chi connectivity index (χ1n) is 7.54. The molecule has 3 rings (SSSR count). The van der Waals surface area contributed by atoms with Gasteiger partial charge in [0.25, 0.3) is 0 Å². The molecule has 122 valence electrons. The molecule has 0 aromatic heterocycles. The van der Waals surface area contributed by atoms with Crippen LogP contribution >= 0.6 is 11.6 Å². The second-order valence-electron chi connectivity index (χ2n) is 5.95. The molecule has 2 aliphatic rings. The van der Waals surface area contributed by atoms with Crippen molar-refractivity contribution in [3.8, 4) is 0 Å². The number of anilines is 1. The molecule has 23 heavy (non-hydrogen) atoms. The molecule has 1 N–H and O–H groups in total. The molecule has 0 spiro atoms. The fraction of sp³-hybridized carbons (Fsp3) is 0.438. The summed E-state index contributed by atoms with van der Waals surface area (Å²) >= 11 is 6.12. The van der Waals surface area contributed by atoms with E-state index in [-0.39, 0.29) is 37.4 Å². The quantitative estimate of drug-likeness (QED) is 0.889. The van der Waals surface area contributed by atoms with E-state index in [2.05, 4.69) is 0 Å². The van der Waals surface area contributed by atoms with Crippen LogP contribution in [0.5, 0.6) is 0 Å². The zero-order valence-electron chi connectivity index (χ0n) is 12.4. The number of amides is 2. The van der Waals surface area contributed by atoms with Crippen LogP contribution in [0, 0.1) is 5.92 Å². The van der Waals surface area contributed by atoms with Gasteiger partial charge in [-0.25, -0.2) is 0 Å². The number of nitrogens with zero attached hydrogens (tertiary/aromatic N) is 2. The Kier molecular flexibility index (Phi) is 4.26. The van der Waals surface area contributed by atoms with E-state index < -0.39 is 11.9 Å². The molecule has 1 saturated carbocycles. The van der Waals surface area contributed by atoms with E-state index >= 15 is 0 Å². The minimum atomic E-state index is -1.03. The number of hydrogen-bond donors (Lipinski definition) is 1. The first-order chi connectivity index (χ1) is 11.0. The number of carbonyl (C=O) groups is 3. The van der Waals surface area contributed by atoms with Gasteiger partial charge in [0.2, 0.25) is 11.8 Å². The molecule has 2 fully saturated rings. The number of para-hydroxylation sites is 1. The summed E-state index contributed by atoms with van der Waals surface area (Å²) in [6.07, 6.45) is 1.74. The van der Waals surface area contributed by atoms with Gasteiger partial charge in [-0.05, 0) is 25.0 Å². The number of benzene rings is 1. The van der Waals surface area contributed by atoms with Crippen LogP contribution in [0.4, 0.5) is 5.69 Å². The number of rotatable bonds is 5. The van der Waals surface area contributed by atoms with Gasteiger partial charge < -0.3 is 14.9 Å². The van der Waals surface area contributed by atoms with Crippen LogP contribution < -0.4 is 4.90 Å². The molecule has 1 unspecified atom stereocenters. The lowest BCUT2D eigenvalue weighted by atomic mass is 10.1. The minimum absolute atomic E-state index is 0.00284. The second kappa shape index (κ2) is 6.20. The topological polar surface area (TPSA) is 77.9 Å². The Morgan fingerprint density at radius 2 is 2.00 bits per heavy atom. The number of aliphatic carboxylic acids is 1. The van der Waals surface area contributed by atoms with Gasteiger partial charge in [0.15, 0.2) is 0 Å². The largest absolute Gasteiger partial charge is 0.480 e. The van der Waals surface area contributed by atoms with Crippen LogP contribution in [0.15, 0.2) is 24.3 Å². The highest BCUT2D eigenvalue weighted by atomic mass is 35.5. The summed E-state index contributed by atoms with van der Waals surface area (Å²) in [6, 6.07) is 6.99. The maximum atomic E-state index is 12.6. The molecular formula is C16H17ClN2O4. The fourth-order valence-corrected chi connectivity index (χ4v) is 3.17. The summed E-state index contributed by atoms with van der Waals surface area (Å²) in [5, 5.41) is 9.44. The first kappa shape index (κ1) is 15.8. The smallest absolute Gasteiger partial charge is 0.323 e. The lowest BCUT2D eigenvalue weighted by Crippen LogP contribution is -2.42. The Balaban J connectivity index is 1.75. The van der Waals surface area contributed by atoms with Crippen molar-refractivity contribution in [2.45, 2.75) is 25.3 Å². The lowest BCUT2D eigenvalue weighted by Gasteiger charge is -2.24. The van der Waals surface area contributed by atoms with Gasteiger partial charge in [-0.15, -0.1) is 0 Å². The van der Waals surface area contributed by atoms with E-state index in [1.165, 1.54) is 9.80 Å². The molecule has 1 aliphatic heterocycles. The van der Waals surface area contributed by atoms with Gasteiger partial charge in [0, 0.05) is 19.0 Å². The van der Waals surface area contributed by atoms with Crippen molar-refractivity contribution in [2.24, 2.45) is 5.92 Å². The SMILES string of the molecule is O=C(O)CN(C(=O)C1CC(=O)N(c2ccccc2Cl)C1)C1CC1. The van der Waals surface area contributed by atoms with E-state index in [9.17, 15) is 14.4 Å². The monoisotopic (exact) mass is 336 g/mol. The number of carboxylic acid groups (broad SMARTS) is 1. The van der Waals surface area contributed by atoms with Crippen LogP contribution in [0.2, 0.25) is 5.02 Å². The van der Waals surface area contributed by atoms with E-state index in [0.29, 0.717) is 10.7 Å². The van der Waals surface area contributed by atoms with E-state index in [1.807, 2.05) is 0 Å². The summed E-state index contributed by atoms with van der Waals surface area (Å²) in [5.41, 5.74) is 0.589. The van der Waals surface area contributed by atoms with Crippen molar-refractivity contribution >= 4 is 35.1 Å². The Hall–Kier alpha value is -2.08. The van der Waals surface area contributed by atoms with Gasteiger partial charge >= 0.3 is 5.97 Å². The lowest BCUT2D eigenvalue weighted by molar-refractivity contribution is -0.146. The predicted octanol–water partition coefficient (Wildman–Crippen LogP) is 1.77. The number of halogens is 1. The molecule has 1 saturated heterocycles. The van der Waals surface area contributed by atoms with Crippen molar-refractivity contribution in [1.29, 1.82) is 0 Å². The van der Waals surface area contributed by atoms with Crippen molar-refractivity contribution < 1.29 is 19.5 Å². The summed E-state index contributed by atoms with van der Waals surface area (Å²) in [4.78, 5) is 38.8. The maximum absolute atomic E-state index is 12.6. The number of carbonyl (C=O) groups excluding carboxylic acids is 2. The summed E-state index contributed by atoms with van der Waals surface area (Å²) in [7, 11) is 0. The highest BCUT2D eigenvalue weighted by Gasteiger charge is 2.42. The molecule has 6 nitrogen and oxygen atoms in total. The van der Waals surface area contributed by atoms with Crippen molar-refractivity contribution in [2.75, 3.05) is 18.0 Å². The average Bonchev–Trinajstić information content (AvgIpc) is 3.27. The van der Waals surface area contributed by atoms with E-state index in [0.717, 1.165) is 12.8 Å². The summed E-state index contributed by atoms with van der Waals surface area (Å²) in [6.45, 7) is -0.0650. The van der Waals surface area contributed by atoms with Crippen LogP contribution in [0.3, 0.4) is 0 Å². The Morgan fingerprint density at radius 3 is 2.61 bits per heavy atom. The molecule has 1 aromatic rings. The number of hydrogen-bond acceptors (Lipinski definition) is 3. The molecule has 0 bridgehead atoms. The van der Waals surface area contributed by atoms with Gasteiger partial charge in [-0.1, -0.05) is 23.7 Å². The van der Waals surface area contributed by atoms with Crippen LogP contribution in [0.25, 0.3) is 0 Å². The van der Waals surface area contributed by atoms with Gasteiger partial charge in [-0.2, -0.15) is 0 Å². The standard InChI is InChI=1S/C16H17ClN2O4/c17-12-3-1-2-4-13(12)19-8-10(7-14(19)20)16(23)18(9-15(21)22)11-5-6-11/h1-4,10-11H,5-9H2,(H,21,22). The van der Waals surface area contributed by atoms with Crippen LogP contribution in [-0.4, -0.2) is 46.9 Å². The average molecular weight is 337 g/mol. The van der Waals surface area contributed by atoms with Gasteiger partial charge in [0.1, 0.15) is 6.54 Å². The first-order valence-corrected chi connectivity index (χ1v) is 7.92. The number of carboxylic acids is 1. The molecule has 1 atom stereocenters. The highest BCUT2D eigenvalue weighted by molar-refractivity contribution is 6.33. The molecule has 1 aliphatic carbocycles. The molecule has 0 radical (unpaired) electrons. The minimum Gasteiger partial charge on any atom is -0.480 e. The van der Waals surface area contributed by atoms with Crippen molar-refractivity contribution in [3.63, 3.8) is 0 Å². The maximum Gasteiger partial charge on any atom is 0.323 e. The van der Waals surface area contributed by atoms with Crippen LogP contribution in [0.1, 0.15) is 19.3 Å². The molecule has 1 heterocycles. The normalized spacial score (nSPS) is 20.7. The third-order valence-electron chi connectivity index (χ3n) is 4.19. The van der Waals surface area contributed by atoms with Crippen molar-refractivity contribution in [1.82, 2.24) is 4.90 Å². The molecule has 2 amide bonds. The summed E-state index contributed by atoms with van der Waals surface area (Å²) in [5.74, 6) is -1.96. The van der Waals surface area contributed by atoms with Gasteiger partial charge in [-0.3, -0.25) is 14.4 Å². The van der Waals surface area contributed by atoms with E-state index in [4.69, 9.17) is 16.7 Å². The Morgan fingerprint density at radius 1 is 1.30 bits per heavy atom. The van der Waals surface area contributed by atoms with Gasteiger partial charge in [0.05, 0.1) is 16.6 Å². The zero-order valence-corrected chi connectivity index (χ0v) is 13.2. The molecule has 1 aromatic carbocycles. The zero-order chi connectivity index (χ0) is 16.6. The second-order valence-corrected chi connectivity index (χ2v) is 6.36. The summed E-state index contributed by atoms with van der Waals surface area (Å²) < 4.78 is 0. The highest BCUT2D eigenvalue weighted by Crippen LogP contribution is 2.34. The Labute approximate surface area is 138 Å². The fourth-order valence-electron chi connectivity index (χ4n) is 2.93. The third kappa shape index (κ3) is 3.32.